The number of carbonyl (C=O) groups is 2. The van der Waals surface area contributed by atoms with Crippen molar-refractivity contribution < 1.29 is 14.3 Å². The van der Waals surface area contributed by atoms with Gasteiger partial charge in [0, 0.05) is 12.7 Å². The first-order valence-corrected chi connectivity index (χ1v) is 6.87. The van der Waals surface area contributed by atoms with E-state index in [-0.39, 0.29) is 12.0 Å². The molecule has 0 heterocycles. The van der Waals surface area contributed by atoms with Crippen molar-refractivity contribution in [1.82, 2.24) is 5.32 Å². The van der Waals surface area contributed by atoms with E-state index >= 15 is 0 Å². The number of nitrogens with one attached hydrogen (secondary N) is 1. The molecule has 114 valence electrons. The fourth-order valence-electron chi connectivity index (χ4n) is 2.07. The maximum absolute atomic E-state index is 12.1. The van der Waals surface area contributed by atoms with Gasteiger partial charge in [-0.15, -0.1) is 0 Å². The van der Waals surface area contributed by atoms with Gasteiger partial charge in [-0.1, -0.05) is 30.3 Å². The summed E-state index contributed by atoms with van der Waals surface area (Å²) < 4.78 is 4.67. The molecule has 22 heavy (non-hydrogen) atoms. The van der Waals surface area contributed by atoms with Crippen molar-refractivity contribution in [3.05, 3.63) is 65.7 Å². The second-order valence-electron chi connectivity index (χ2n) is 4.67. The summed E-state index contributed by atoms with van der Waals surface area (Å²) in [6.45, 7) is 0.408. The Hall–Kier alpha value is -2.82. The molecule has 2 aromatic carbocycles. The Morgan fingerprint density at radius 2 is 1.68 bits per heavy atom. The van der Waals surface area contributed by atoms with Crippen LogP contribution >= 0.6 is 0 Å². The molecule has 0 aliphatic heterocycles. The van der Waals surface area contributed by atoms with Crippen LogP contribution in [0.1, 0.15) is 15.9 Å². The summed E-state index contributed by atoms with van der Waals surface area (Å²) in [5, 5.41) is 2.64. The lowest BCUT2D eigenvalue weighted by Crippen LogP contribution is -2.37. The third-order valence-electron chi connectivity index (χ3n) is 3.24. The Bertz CT molecular complexity index is 639. The smallest absolute Gasteiger partial charge is 0.337 e. The van der Waals surface area contributed by atoms with Crippen molar-refractivity contribution in [2.45, 2.75) is 6.54 Å². The van der Waals surface area contributed by atoms with Crippen molar-refractivity contribution in [1.29, 1.82) is 0 Å². The van der Waals surface area contributed by atoms with Crippen LogP contribution in [0.3, 0.4) is 0 Å². The van der Waals surface area contributed by atoms with Crippen LogP contribution in [-0.4, -0.2) is 26.2 Å². The second kappa shape index (κ2) is 7.26. The van der Waals surface area contributed by atoms with Crippen molar-refractivity contribution in [2.75, 3.05) is 19.1 Å². The van der Waals surface area contributed by atoms with E-state index in [0.717, 1.165) is 11.3 Å². The molecule has 0 spiro atoms. The molecule has 0 fully saturated rings. The highest BCUT2D eigenvalue weighted by Gasteiger charge is 2.14. The SMILES string of the molecule is CNC(=O)N(Cc1ccc(C(=O)OC)cc1)c1ccccc1. The standard InChI is InChI=1S/C17H18N2O3/c1-18-17(21)19(15-6-4-3-5-7-15)12-13-8-10-14(11-9-13)16(20)22-2/h3-11H,12H2,1-2H3,(H,18,21). The van der Waals surface area contributed by atoms with Crippen LogP contribution in [0.5, 0.6) is 0 Å². The van der Waals surface area contributed by atoms with Gasteiger partial charge < -0.3 is 10.1 Å². The monoisotopic (exact) mass is 298 g/mol. The van der Waals surface area contributed by atoms with E-state index in [1.807, 2.05) is 42.5 Å². The van der Waals surface area contributed by atoms with E-state index in [1.165, 1.54) is 7.11 Å². The third-order valence-corrected chi connectivity index (χ3v) is 3.24. The van der Waals surface area contributed by atoms with Crippen LogP contribution in [0.25, 0.3) is 0 Å². The van der Waals surface area contributed by atoms with E-state index < -0.39 is 0 Å². The van der Waals surface area contributed by atoms with Gasteiger partial charge in [0.1, 0.15) is 0 Å². The zero-order valence-corrected chi connectivity index (χ0v) is 12.6. The highest BCUT2D eigenvalue weighted by molar-refractivity contribution is 5.92. The highest BCUT2D eigenvalue weighted by Crippen LogP contribution is 2.17. The molecule has 0 saturated carbocycles. The molecule has 0 saturated heterocycles. The van der Waals surface area contributed by atoms with Crippen LogP contribution in [-0.2, 0) is 11.3 Å². The number of hydrogen-bond donors (Lipinski definition) is 1. The fourth-order valence-corrected chi connectivity index (χ4v) is 2.07. The number of urea groups is 1. The summed E-state index contributed by atoms with van der Waals surface area (Å²) in [6.07, 6.45) is 0. The summed E-state index contributed by atoms with van der Waals surface area (Å²) in [4.78, 5) is 25.1. The van der Waals surface area contributed by atoms with E-state index in [1.54, 1.807) is 24.1 Å². The minimum atomic E-state index is -0.377. The van der Waals surface area contributed by atoms with Gasteiger partial charge in [-0.05, 0) is 29.8 Å². The quantitative estimate of drug-likeness (QED) is 0.883. The van der Waals surface area contributed by atoms with Crippen LogP contribution in [0.15, 0.2) is 54.6 Å². The number of nitrogens with zero attached hydrogens (tertiary/aromatic N) is 1. The molecule has 0 aliphatic rings. The highest BCUT2D eigenvalue weighted by atomic mass is 16.5. The molecular formula is C17H18N2O3. The molecule has 2 amide bonds. The van der Waals surface area contributed by atoms with Crippen molar-refractivity contribution >= 4 is 17.7 Å². The Morgan fingerprint density at radius 1 is 1.05 bits per heavy atom. The Morgan fingerprint density at radius 3 is 2.23 bits per heavy atom. The molecular weight excluding hydrogens is 280 g/mol. The third kappa shape index (κ3) is 3.63. The van der Waals surface area contributed by atoms with Gasteiger partial charge in [-0.25, -0.2) is 9.59 Å². The van der Waals surface area contributed by atoms with E-state index in [2.05, 4.69) is 10.1 Å². The molecule has 2 aromatic rings. The number of para-hydroxylation sites is 1. The number of amides is 2. The zero-order valence-electron chi connectivity index (χ0n) is 12.6. The van der Waals surface area contributed by atoms with Crippen LogP contribution < -0.4 is 10.2 Å². The molecule has 5 nitrogen and oxygen atoms in total. The normalized spacial score (nSPS) is 9.91. The summed E-state index contributed by atoms with van der Waals surface area (Å²) in [7, 11) is 2.94. The van der Waals surface area contributed by atoms with Gasteiger partial charge in [0.2, 0.25) is 0 Å². The summed E-state index contributed by atoms with van der Waals surface area (Å²) in [6, 6.07) is 16.2. The number of methoxy groups -OCH3 is 1. The molecule has 0 aliphatic carbocycles. The van der Waals surface area contributed by atoms with Crippen molar-refractivity contribution in [3.8, 4) is 0 Å². The van der Waals surface area contributed by atoms with Gasteiger partial charge in [-0.3, -0.25) is 4.90 Å². The van der Waals surface area contributed by atoms with E-state index in [0.29, 0.717) is 12.1 Å². The number of hydrogen-bond acceptors (Lipinski definition) is 3. The maximum Gasteiger partial charge on any atom is 0.337 e. The zero-order chi connectivity index (χ0) is 15.9. The molecule has 5 heteroatoms. The molecule has 0 bridgehead atoms. The van der Waals surface area contributed by atoms with Gasteiger partial charge in [0.15, 0.2) is 0 Å². The van der Waals surface area contributed by atoms with Gasteiger partial charge in [0.25, 0.3) is 0 Å². The van der Waals surface area contributed by atoms with E-state index in [9.17, 15) is 9.59 Å². The summed E-state index contributed by atoms with van der Waals surface area (Å²) in [5.41, 5.74) is 2.21. The fraction of sp³-hybridized carbons (Fsp3) is 0.176. The van der Waals surface area contributed by atoms with Crippen LogP contribution in [0.2, 0.25) is 0 Å². The molecule has 2 rings (SSSR count). The summed E-state index contributed by atoms with van der Waals surface area (Å²) >= 11 is 0. The van der Waals surface area contributed by atoms with Crippen molar-refractivity contribution in [3.63, 3.8) is 0 Å². The van der Waals surface area contributed by atoms with Gasteiger partial charge in [0.05, 0.1) is 19.2 Å². The van der Waals surface area contributed by atoms with Gasteiger partial charge >= 0.3 is 12.0 Å². The largest absolute Gasteiger partial charge is 0.465 e. The van der Waals surface area contributed by atoms with Crippen LogP contribution in [0.4, 0.5) is 10.5 Å². The number of esters is 1. The minimum absolute atomic E-state index is 0.191. The lowest BCUT2D eigenvalue weighted by atomic mass is 10.1. The average Bonchev–Trinajstić information content (AvgIpc) is 2.59. The lowest BCUT2D eigenvalue weighted by Gasteiger charge is -2.22. The number of benzene rings is 2. The number of carbonyl (C=O) groups excluding carboxylic acids is 2. The Kier molecular flexibility index (Phi) is 5.14. The predicted octanol–water partition coefficient (Wildman–Crippen LogP) is 2.82. The van der Waals surface area contributed by atoms with E-state index in [4.69, 9.17) is 0 Å². The first-order valence-electron chi connectivity index (χ1n) is 6.87. The minimum Gasteiger partial charge on any atom is -0.465 e. The predicted molar refractivity (Wildman–Crippen MR) is 84.9 cm³/mol. The van der Waals surface area contributed by atoms with Gasteiger partial charge in [-0.2, -0.15) is 0 Å². The molecule has 0 unspecified atom stereocenters. The first kappa shape index (κ1) is 15.6. The first-order chi connectivity index (χ1) is 10.7. The molecule has 0 aromatic heterocycles. The summed E-state index contributed by atoms with van der Waals surface area (Å²) in [5.74, 6) is -0.377. The molecule has 0 atom stereocenters. The number of ether oxygens (including phenoxy) is 1. The molecule has 0 radical (unpaired) electrons. The maximum atomic E-state index is 12.1. The average molecular weight is 298 g/mol. The van der Waals surface area contributed by atoms with Crippen molar-refractivity contribution in [2.24, 2.45) is 0 Å². The topological polar surface area (TPSA) is 58.6 Å². The Balaban J connectivity index is 2.21. The number of rotatable bonds is 4. The lowest BCUT2D eigenvalue weighted by molar-refractivity contribution is 0.0600. The Labute approximate surface area is 129 Å². The van der Waals surface area contributed by atoms with Crippen LogP contribution in [0, 0.1) is 0 Å². The second-order valence-corrected chi connectivity index (χ2v) is 4.67. The molecule has 1 N–H and O–H groups in total. The number of anilines is 1.